The standard InChI is InChI=1S/C21H25O5P/c1-2-20(22)25-16-21(18-11-7-4-8-12-18)19(13-14-26-21)27(23,24)15-17-9-5-3-6-10-17/h3-12,19H,2,13-16H2,1H3,(H,23,24). The fourth-order valence-corrected chi connectivity index (χ4v) is 6.08. The Kier molecular flexibility index (Phi) is 6.15. The van der Waals surface area contributed by atoms with E-state index < -0.39 is 18.6 Å². The molecule has 1 saturated heterocycles. The van der Waals surface area contributed by atoms with Crippen molar-refractivity contribution in [3.8, 4) is 0 Å². The molecule has 27 heavy (non-hydrogen) atoms. The number of carbonyl (C=O) groups excluding carboxylic acids is 1. The lowest BCUT2D eigenvalue weighted by molar-refractivity contribution is -0.152. The van der Waals surface area contributed by atoms with E-state index in [9.17, 15) is 14.3 Å². The van der Waals surface area contributed by atoms with Crippen molar-refractivity contribution < 1.29 is 23.7 Å². The highest BCUT2D eigenvalue weighted by atomic mass is 31.2. The summed E-state index contributed by atoms with van der Waals surface area (Å²) >= 11 is 0. The molecule has 1 aliphatic heterocycles. The van der Waals surface area contributed by atoms with Crippen LogP contribution < -0.4 is 0 Å². The van der Waals surface area contributed by atoms with Crippen molar-refractivity contribution >= 4 is 13.3 Å². The normalized spacial score (nSPS) is 24.3. The molecule has 6 heteroatoms. The molecule has 3 rings (SSSR count). The van der Waals surface area contributed by atoms with Gasteiger partial charge in [0.1, 0.15) is 12.2 Å². The first-order valence-corrected chi connectivity index (χ1v) is 11.1. The highest BCUT2D eigenvalue weighted by molar-refractivity contribution is 7.58. The minimum Gasteiger partial charge on any atom is -0.462 e. The summed E-state index contributed by atoms with van der Waals surface area (Å²) < 4.78 is 24.9. The van der Waals surface area contributed by atoms with Gasteiger partial charge in [-0.05, 0) is 17.5 Å². The number of hydrogen-bond acceptors (Lipinski definition) is 4. The molecule has 2 aromatic rings. The van der Waals surface area contributed by atoms with Crippen LogP contribution in [0, 0.1) is 0 Å². The van der Waals surface area contributed by atoms with Gasteiger partial charge in [0.2, 0.25) is 7.37 Å². The topological polar surface area (TPSA) is 72.8 Å². The molecule has 0 spiro atoms. The minimum absolute atomic E-state index is 0.0618. The fraction of sp³-hybridized carbons (Fsp3) is 0.381. The van der Waals surface area contributed by atoms with Crippen molar-refractivity contribution in [1.82, 2.24) is 0 Å². The van der Waals surface area contributed by atoms with Crippen molar-refractivity contribution in [2.24, 2.45) is 0 Å². The van der Waals surface area contributed by atoms with Crippen molar-refractivity contribution in [3.63, 3.8) is 0 Å². The maximum Gasteiger partial charge on any atom is 0.305 e. The number of hydrogen-bond donors (Lipinski definition) is 1. The predicted octanol–water partition coefficient (Wildman–Crippen LogP) is 4.09. The Labute approximate surface area is 159 Å². The molecule has 0 radical (unpaired) electrons. The van der Waals surface area contributed by atoms with Crippen LogP contribution in [0.1, 0.15) is 30.9 Å². The molecule has 1 fully saturated rings. The van der Waals surface area contributed by atoms with Gasteiger partial charge in [0.25, 0.3) is 0 Å². The Morgan fingerprint density at radius 2 is 1.81 bits per heavy atom. The summed E-state index contributed by atoms with van der Waals surface area (Å²) in [5.74, 6) is -0.351. The fourth-order valence-electron chi connectivity index (χ4n) is 3.67. The molecule has 0 bridgehead atoms. The Morgan fingerprint density at radius 3 is 2.44 bits per heavy atom. The van der Waals surface area contributed by atoms with Crippen LogP contribution in [-0.2, 0) is 30.6 Å². The number of ether oxygens (including phenoxy) is 2. The van der Waals surface area contributed by atoms with Gasteiger partial charge in [-0.3, -0.25) is 9.36 Å². The zero-order chi connectivity index (χ0) is 19.3. The molecule has 1 aliphatic rings. The van der Waals surface area contributed by atoms with E-state index in [-0.39, 0.29) is 25.2 Å². The van der Waals surface area contributed by atoms with Crippen molar-refractivity contribution in [2.75, 3.05) is 13.2 Å². The third-order valence-corrected chi connectivity index (χ3v) is 7.49. The second-order valence-corrected chi connectivity index (χ2v) is 9.27. The van der Waals surface area contributed by atoms with Gasteiger partial charge >= 0.3 is 5.97 Å². The minimum atomic E-state index is -3.63. The second-order valence-electron chi connectivity index (χ2n) is 6.82. The van der Waals surface area contributed by atoms with Gasteiger partial charge < -0.3 is 14.4 Å². The molecule has 2 aromatic carbocycles. The van der Waals surface area contributed by atoms with Gasteiger partial charge in [0.05, 0.1) is 5.66 Å². The van der Waals surface area contributed by atoms with Gasteiger partial charge in [-0.1, -0.05) is 67.6 Å². The average Bonchev–Trinajstić information content (AvgIpc) is 3.13. The lowest BCUT2D eigenvalue weighted by Gasteiger charge is -2.36. The molecule has 3 unspecified atom stereocenters. The van der Waals surface area contributed by atoms with E-state index in [0.717, 1.165) is 11.1 Å². The lowest BCUT2D eigenvalue weighted by Crippen LogP contribution is -2.42. The van der Waals surface area contributed by atoms with Crippen LogP contribution in [0.25, 0.3) is 0 Å². The first-order valence-electron chi connectivity index (χ1n) is 9.18. The van der Waals surface area contributed by atoms with Crippen molar-refractivity contribution in [1.29, 1.82) is 0 Å². The van der Waals surface area contributed by atoms with Gasteiger partial charge in [-0.2, -0.15) is 0 Å². The molecule has 1 N–H and O–H groups in total. The van der Waals surface area contributed by atoms with Gasteiger partial charge in [-0.15, -0.1) is 0 Å². The van der Waals surface area contributed by atoms with E-state index in [0.29, 0.717) is 13.0 Å². The van der Waals surface area contributed by atoms with E-state index in [4.69, 9.17) is 9.47 Å². The maximum absolute atomic E-state index is 13.4. The molecular weight excluding hydrogens is 363 g/mol. The number of carbonyl (C=O) groups is 1. The highest BCUT2D eigenvalue weighted by Crippen LogP contribution is 2.60. The van der Waals surface area contributed by atoms with Crippen molar-refractivity contribution in [2.45, 2.75) is 37.2 Å². The molecule has 0 aliphatic carbocycles. The van der Waals surface area contributed by atoms with E-state index in [1.807, 2.05) is 60.7 Å². The average molecular weight is 388 g/mol. The number of benzene rings is 2. The van der Waals surface area contributed by atoms with Gasteiger partial charge in [0, 0.05) is 19.2 Å². The summed E-state index contributed by atoms with van der Waals surface area (Å²) in [6.07, 6.45) is 0.758. The zero-order valence-corrected chi connectivity index (χ0v) is 16.3. The molecule has 0 amide bonds. The summed E-state index contributed by atoms with van der Waals surface area (Å²) in [4.78, 5) is 22.8. The highest BCUT2D eigenvalue weighted by Gasteiger charge is 2.54. The summed E-state index contributed by atoms with van der Waals surface area (Å²) in [5.41, 5.74) is -0.177. The Morgan fingerprint density at radius 1 is 1.19 bits per heavy atom. The zero-order valence-electron chi connectivity index (χ0n) is 15.4. The Balaban J connectivity index is 1.95. The largest absolute Gasteiger partial charge is 0.462 e. The van der Waals surface area contributed by atoms with Crippen LogP contribution >= 0.6 is 7.37 Å². The van der Waals surface area contributed by atoms with Crippen molar-refractivity contribution in [3.05, 3.63) is 71.8 Å². The first kappa shape index (κ1) is 19.8. The summed E-state index contributed by atoms with van der Waals surface area (Å²) in [6.45, 7) is 2.01. The third kappa shape index (κ3) is 4.32. The molecule has 1 heterocycles. The predicted molar refractivity (Wildman–Crippen MR) is 104 cm³/mol. The van der Waals surface area contributed by atoms with Gasteiger partial charge in [0.15, 0.2) is 0 Å². The van der Waals surface area contributed by atoms with E-state index in [2.05, 4.69) is 0 Å². The smallest absolute Gasteiger partial charge is 0.305 e. The maximum atomic E-state index is 13.4. The number of esters is 1. The Hall–Kier alpha value is -1.94. The van der Waals surface area contributed by atoms with Crippen LogP contribution in [0.15, 0.2) is 60.7 Å². The quantitative estimate of drug-likeness (QED) is 0.571. The summed E-state index contributed by atoms with van der Waals surface area (Å²) in [6, 6.07) is 18.6. The second kappa shape index (κ2) is 8.39. The molecule has 0 aromatic heterocycles. The van der Waals surface area contributed by atoms with Crippen LogP contribution in [0.4, 0.5) is 0 Å². The van der Waals surface area contributed by atoms with Crippen LogP contribution in [0.3, 0.4) is 0 Å². The van der Waals surface area contributed by atoms with Gasteiger partial charge in [-0.25, -0.2) is 0 Å². The van der Waals surface area contributed by atoms with Crippen LogP contribution in [-0.4, -0.2) is 29.7 Å². The molecule has 5 nitrogen and oxygen atoms in total. The first-order chi connectivity index (χ1) is 13.0. The molecule has 3 atom stereocenters. The van der Waals surface area contributed by atoms with Crippen LogP contribution in [0.2, 0.25) is 0 Å². The van der Waals surface area contributed by atoms with E-state index in [1.54, 1.807) is 6.92 Å². The van der Waals surface area contributed by atoms with Crippen LogP contribution in [0.5, 0.6) is 0 Å². The summed E-state index contributed by atoms with van der Waals surface area (Å²) in [7, 11) is -3.63. The SMILES string of the molecule is CCC(=O)OCC1(c2ccccc2)OCCC1P(=O)(O)Cc1ccccc1. The van der Waals surface area contributed by atoms with E-state index >= 15 is 0 Å². The molecule has 0 saturated carbocycles. The molecule has 144 valence electrons. The Bertz CT molecular complexity index is 808. The monoisotopic (exact) mass is 388 g/mol. The molecular formula is C21H25O5P. The lowest BCUT2D eigenvalue weighted by atomic mass is 9.91. The van der Waals surface area contributed by atoms with E-state index in [1.165, 1.54) is 0 Å². The summed E-state index contributed by atoms with van der Waals surface area (Å²) in [5, 5.41) is 0. The third-order valence-electron chi connectivity index (χ3n) is 5.03. The number of rotatable bonds is 7.